The summed E-state index contributed by atoms with van der Waals surface area (Å²) in [6.45, 7) is 4.37. The summed E-state index contributed by atoms with van der Waals surface area (Å²) in [5.41, 5.74) is -8.13. The molecule has 25 heavy (non-hydrogen) atoms. The van der Waals surface area contributed by atoms with Gasteiger partial charge in [0.15, 0.2) is 0 Å². The van der Waals surface area contributed by atoms with Crippen LogP contribution in [0.5, 0.6) is 0 Å². The Labute approximate surface area is 138 Å². The molecule has 0 aromatic heterocycles. The van der Waals surface area contributed by atoms with E-state index in [1.807, 2.05) is 0 Å². The van der Waals surface area contributed by atoms with Gasteiger partial charge in [0, 0.05) is 6.04 Å². The molecule has 0 saturated heterocycles. The van der Waals surface area contributed by atoms with Crippen molar-refractivity contribution in [3.05, 3.63) is 34.4 Å². The number of nitrogens with one attached hydrogen (secondary N) is 1. The highest BCUT2D eigenvalue weighted by Gasteiger charge is 2.47. The first-order valence-corrected chi connectivity index (χ1v) is 6.97. The van der Waals surface area contributed by atoms with Crippen molar-refractivity contribution < 1.29 is 39.5 Å². The van der Waals surface area contributed by atoms with Crippen molar-refractivity contribution in [2.75, 3.05) is 7.05 Å². The molecule has 10 heteroatoms. The average molecular weight is 381 g/mol. The van der Waals surface area contributed by atoms with E-state index in [0.29, 0.717) is 0 Å². The first-order valence-electron chi connectivity index (χ1n) is 6.97. The minimum atomic E-state index is -5.58. The summed E-state index contributed by atoms with van der Waals surface area (Å²) in [6.07, 6.45) is -16.3. The monoisotopic (exact) mass is 381 g/mol. The Balaban J connectivity index is 3.94. The highest BCUT2D eigenvalue weighted by atomic mass is 19.4. The van der Waals surface area contributed by atoms with Crippen LogP contribution in [0.25, 0.3) is 0 Å². The van der Waals surface area contributed by atoms with Crippen LogP contribution in [0.1, 0.15) is 49.1 Å². The molecule has 0 radical (unpaired) electrons. The minimum Gasteiger partial charge on any atom is -0.313 e. The Morgan fingerprint density at radius 3 is 1.32 bits per heavy atom. The van der Waals surface area contributed by atoms with Gasteiger partial charge in [-0.05, 0) is 30.2 Å². The van der Waals surface area contributed by atoms with E-state index in [-0.39, 0.29) is 6.07 Å². The first kappa shape index (κ1) is 21.6. The number of halogens is 9. The van der Waals surface area contributed by atoms with Gasteiger partial charge in [0.1, 0.15) is 0 Å². The summed E-state index contributed by atoms with van der Waals surface area (Å²) in [6, 6.07) is -1.78. The maximum absolute atomic E-state index is 13.3. The van der Waals surface area contributed by atoms with Crippen LogP contribution in [0.4, 0.5) is 39.5 Å². The van der Waals surface area contributed by atoms with Gasteiger partial charge in [-0.15, -0.1) is 0 Å². The standard InChI is InChI=1S/C15H16F9N/c1-12(2,3)11(25-4)7-5-9(14(19,20)21)10(15(22,23)24)6-8(7)13(16,17)18/h5-6,11,25H,1-4H3. The first-order chi connectivity index (χ1) is 10.9. The molecule has 0 aliphatic carbocycles. The quantitative estimate of drug-likeness (QED) is 0.615. The lowest BCUT2D eigenvalue weighted by Crippen LogP contribution is -2.32. The zero-order chi connectivity index (χ0) is 20.0. The van der Waals surface area contributed by atoms with Crippen LogP contribution in [0.2, 0.25) is 0 Å². The Morgan fingerprint density at radius 1 is 0.680 bits per heavy atom. The molecular formula is C15H16F9N. The molecule has 144 valence electrons. The maximum atomic E-state index is 13.3. The summed E-state index contributed by atoms with van der Waals surface area (Å²) in [5, 5.41) is 2.46. The third-order valence-electron chi connectivity index (χ3n) is 3.57. The van der Waals surface area contributed by atoms with E-state index in [1.54, 1.807) is 0 Å². The summed E-state index contributed by atoms with van der Waals surface area (Å²) in [5.74, 6) is 0. The number of alkyl halides is 9. The summed E-state index contributed by atoms with van der Waals surface area (Å²) < 4.78 is 118. The predicted octanol–water partition coefficient (Wildman–Crippen LogP) is 6.05. The zero-order valence-electron chi connectivity index (χ0n) is 13.6. The molecule has 1 atom stereocenters. The zero-order valence-corrected chi connectivity index (χ0v) is 13.6. The second kappa shape index (κ2) is 6.37. The highest BCUT2D eigenvalue weighted by molar-refractivity contribution is 5.45. The number of benzene rings is 1. The van der Waals surface area contributed by atoms with E-state index in [1.165, 1.54) is 27.8 Å². The fraction of sp³-hybridized carbons (Fsp3) is 0.600. The third-order valence-corrected chi connectivity index (χ3v) is 3.57. The minimum absolute atomic E-state index is 0.0575. The molecule has 1 rings (SSSR count). The van der Waals surface area contributed by atoms with Gasteiger partial charge in [0.05, 0.1) is 16.7 Å². The number of rotatable bonds is 2. The van der Waals surface area contributed by atoms with E-state index in [4.69, 9.17) is 0 Å². The lowest BCUT2D eigenvalue weighted by atomic mass is 9.79. The molecule has 1 N–H and O–H groups in total. The normalized spacial score (nSPS) is 15.4. The van der Waals surface area contributed by atoms with Crippen molar-refractivity contribution in [2.45, 2.75) is 45.3 Å². The summed E-state index contributed by atoms with van der Waals surface area (Å²) >= 11 is 0. The highest BCUT2D eigenvalue weighted by Crippen LogP contribution is 2.47. The Morgan fingerprint density at radius 2 is 1.04 bits per heavy atom. The van der Waals surface area contributed by atoms with Gasteiger partial charge in [-0.25, -0.2) is 0 Å². The van der Waals surface area contributed by atoms with Crippen LogP contribution < -0.4 is 5.32 Å². The van der Waals surface area contributed by atoms with Crippen molar-refractivity contribution in [1.82, 2.24) is 5.32 Å². The molecular weight excluding hydrogens is 365 g/mol. The second-order valence-corrected chi connectivity index (χ2v) is 6.57. The fourth-order valence-corrected chi connectivity index (χ4v) is 2.62. The van der Waals surface area contributed by atoms with Gasteiger partial charge in [-0.1, -0.05) is 20.8 Å². The Bertz CT molecular complexity index is 618. The molecule has 1 nitrogen and oxygen atoms in total. The largest absolute Gasteiger partial charge is 0.417 e. The van der Waals surface area contributed by atoms with Gasteiger partial charge in [0.25, 0.3) is 0 Å². The van der Waals surface area contributed by atoms with Gasteiger partial charge in [0.2, 0.25) is 0 Å². The van der Waals surface area contributed by atoms with Crippen molar-refractivity contribution in [1.29, 1.82) is 0 Å². The Hall–Kier alpha value is -1.45. The predicted molar refractivity (Wildman–Crippen MR) is 72.7 cm³/mol. The van der Waals surface area contributed by atoms with Gasteiger partial charge < -0.3 is 5.32 Å². The second-order valence-electron chi connectivity index (χ2n) is 6.57. The molecule has 1 aromatic carbocycles. The van der Waals surface area contributed by atoms with Gasteiger partial charge >= 0.3 is 18.5 Å². The molecule has 1 aromatic rings. The lowest BCUT2D eigenvalue weighted by molar-refractivity contribution is -0.163. The molecule has 0 aliphatic rings. The van der Waals surface area contributed by atoms with Crippen LogP contribution in [-0.4, -0.2) is 7.05 Å². The van der Waals surface area contributed by atoms with Crippen molar-refractivity contribution >= 4 is 0 Å². The summed E-state index contributed by atoms with van der Waals surface area (Å²) in [4.78, 5) is 0. The van der Waals surface area contributed by atoms with Crippen LogP contribution in [0, 0.1) is 5.41 Å². The van der Waals surface area contributed by atoms with Crippen LogP contribution in [-0.2, 0) is 18.5 Å². The van der Waals surface area contributed by atoms with E-state index in [2.05, 4.69) is 5.32 Å². The van der Waals surface area contributed by atoms with Gasteiger partial charge in [-0.3, -0.25) is 0 Å². The average Bonchev–Trinajstić information content (AvgIpc) is 2.33. The smallest absolute Gasteiger partial charge is 0.313 e. The molecule has 0 saturated carbocycles. The van der Waals surface area contributed by atoms with Crippen molar-refractivity contribution in [2.24, 2.45) is 5.41 Å². The SMILES string of the molecule is CNC(c1cc(C(F)(F)F)c(C(F)(F)F)cc1C(F)(F)F)C(C)(C)C. The van der Waals surface area contributed by atoms with Crippen molar-refractivity contribution in [3.63, 3.8) is 0 Å². The molecule has 0 spiro atoms. The number of hydrogen-bond donors (Lipinski definition) is 1. The van der Waals surface area contributed by atoms with Crippen LogP contribution >= 0.6 is 0 Å². The molecule has 0 aliphatic heterocycles. The molecule has 0 bridgehead atoms. The maximum Gasteiger partial charge on any atom is 0.417 e. The fourth-order valence-electron chi connectivity index (χ4n) is 2.62. The van der Waals surface area contributed by atoms with Crippen LogP contribution in [0.3, 0.4) is 0 Å². The van der Waals surface area contributed by atoms with E-state index >= 15 is 0 Å². The number of hydrogen-bond acceptors (Lipinski definition) is 1. The Kier molecular flexibility index (Phi) is 5.50. The van der Waals surface area contributed by atoms with Crippen LogP contribution in [0.15, 0.2) is 12.1 Å². The van der Waals surface area contributed by atoms with E-state index < -0.39 is 58.3 Å². The van der Waals surface area contributed by atoms with E-state index in [9.17, 15) is 39.5 Å². The lowest BCUT2D eigenvalue weighted by Gasteiger charge is -2.33. The topological polar surface area (TPSA) is 12.0 Å². The molecule has 0 heterocycles. The van der Waals surface area contributed by atoms with Crippen molar-refractivity contribution in [3.8, 4) is 0 Å². The molecule has 0 amide bonds. The van der Waals surface area contributed by atoms with E-state index in [0.717, 1.165) is 0 Å². The molecule has 1 unspecified atom stereocenters. The molecule has 0 fully saturated rings. The third kappa shape index (κ3) is 4.80. The van der Waals surface area contributed by atoms with Gasteiger partial charge in [-0.2, -0.15) is 39.5 Å². The summed E-state index contributed by atoms with van der Waals surface area (Å²) in [7, 11) is 1.22.